The summed E-state index contributed by atoms with van der Waals surface area (Å²) in [5, 5.41) is 14.5. The fourth-order valence-electron chi connectivity index (χ4n) is 2.32. The van der Waals surface area contributed by atoms with Crippen LogP contribution in [0.3, 0.4) is 0 Å². The van der Waals surface area contributed by atoms with Crippen molar-refractivity contribution in [1.82, 2.24) is 0 Å². The maximum absolute atomic E-state index is 12.0. The van der Waals surface area contributed by atoms with E-state index in [4.69, 9.17) is 0 Å². The lowest BCUT2D eigenvalue weighted by molar-refractivity contribution is -0.115. The number of benzene rings is 3. The Hall–Kier alpha value is -2.81. The second-order valence-electron chi connectivity index (χ2n) is 4.96. The highest BCUT2D eigenvalue weighted by Gasteiger charge is 2.05. The van der Waals surface area contributed by atoms with E-state index >= 15 is 0 Å². The maximum atomic E-state index is 12.0. The molecule has 1 amide bonds. The van der Waals surface area contributed by atoms with Gasteiger partial charge in [-0.3, -0.25) is 4.79 Å². The first-order valence-corrected chi connectivity index (χ1v) is 6.77. The van der Waals surface area contributed by atoms with Gasteiger partial charge in [0.2, 0.25) is 5.91 Å². The number of amides is 1. The zero-order valence-electron chi connectivity index (χ0n) is 11.4. The van der Waals surface area contributed by atoms with Gasteiger partial charge in [0, 0.05) is 5.69 Å². The molecule has 0 aliphatic carbocycles. The van der Waals surface area contributed by atoms with E-state index in [-0.39, 0.29) is 18.1 Å². The lowest BCUT2D eigenvalue weighted by atomic mass is 10.1. The summed E-state index contributed by atoms with van der Waals surface area (Å²) < 4.78 is 0. The van der Waals surface area contributed by atoms with E-state index < -0.39 is 0 Å². The second-order valence-corrected chi connectivity index (χ2v) is 4.96. The molecule has 2 N–H and O–H groups in total. The summed E-state index contributed by atoms with van der Waals surface area (Å²) in [6.45, 7) is 0. The molecule has 0 unspecified atom stereocenters. The van der Waals surface area contributed by atoms with Crippen molar-refractivity contribution in [1.29, 1.82) is 0 Å². The molecule has 0 saturated heterocycles. The maximum Gasteiger partial charge on any atom is 0.228 e. The van der Waals surface area contributed by atoms with Crippen LogP contribution in [0.15, 0.2) is 66.7 Å². The Morgan fingerprint density at radius 2 is 1.71 bits per heavy atom. The number of fused-ring (bicyclic) bond motifs is 1. The number of hydrogen-bond donors (Lipinski definition) is 2. The normalized spacial score (nSPS) is 10.5. The molecule has 3 nitrogen and oxygen atoms in total. The van der Waals surface area contributed by atoms with E-state index in [1.807, 2.05) is 48.5 Å². The Labute approximate surface area is 122 Å². The van der Waals surface area contributed by atoms with Gasteiger partial charge in [-0.05, 0) is 40.6 Å². The molecule has 3 heteroatoms. The predicted octanol–water partition coefficient (Wildman–Crippen LogP) is 3.73. The summed E-state index contributed by atoms with van der Waals surface area (Å²) in [6.07, 6.45) is 0.237. The topological polar surface area (TPSA) is 49.3 Å². The van der Waals surface area contributed by atoms with Crippen molar-refractivity contribution in [3.8, 4) is 5.75 Å². The van der Waals surface area contributed by atoms with Gasteiger partial charge in [0.25, 0.3) is 0 Å². The van der Waals surface area contributed by atoms with Crippen molar-refractivity contribution >= 4 is 22.4 Å². The highest BCUT2D eigenvalue weighted by atomic mass is 16.3. The molecule has 0 bridgehead atoms. The molecule has 0 saturated carbocycles. The van der Waals surface area contributed by atoms with Crippen molar-refractivity contribution in [2.24, 2.45) is 0 Å². The molecular weight excluding hydrogens is 262 g/mol. The van der Waals surface area contributed by atoms with Crippen molar-refractivity contribution in [3.63, 3.8) is 0 Å². The van der Waals surface area contributed by atoms with Crippen molar-refractivity contribution in [2.45, 2.75) is 6.42 Å². The number of aromatic hydroxyl groups is 1. The highest BCUT2D eigenvalue weighted by molar-refractivity contribution is 5.95. The second kappa shape index (κ2) is 5.67. The van der Waals surface area contributed by atoms with E-state index in [2.05, 4.69) is 5.32 Å². The molecule has 0 atom stereocenters. The number of hydrogen-bond acceptors (Lipinski definition) is 2. The molecule has 0 radical (unpaired) electrons. The minimum Gasteiger partial charge on any atom is -0.508 e. The van der Waals surface area contributed by atoms with Gasteiger partial charge in [-0.1, -0.05) is 42.5 Å². The zero-order valence-corrected chi connectivity index (χ0v) is 11.4. The quantitative estimate of drug-likeness (QED) is 0.766. The largest absolute Gasteiger partial charge is 0.508 e. The Kier molecular flexibility index (Phi) is 3.56. The van der Waals surface area contributed by atoms with Crippen molar-refractivity contribution < 1.29 is 9.90 Å². The average Bonchev–Trinajstić information content (AvgIpc) is 2.47. The van der Waals surface area contributed by atoms with Crippen LogP contribution in [0.1, 0.15) is 5.56 Å². The highest BCUT2D eigenvalue weighted by Crippen LogP contribution is 2.19. The molecule has 0 aromatic heterocycles. The minimum absolute atomic E-state index is 0.101. The third-order valence-electron chi connectivity index (χ3n) is 3.31. The number of rotatable bonds is 3. The lowest BCUT2D eigenvalue weighted by Crippen LogP contribution is -2.14. The van der Waals surface area contributed by atoms with Crippen LogP contribution in [-0.2, 0) is 11.2 Å². The van der Waals surface area contributed by atoms with Gasteiger partial charge < -0.3 is 10.4 Å². The summed E-state index contributed by atoms with van der Waals surface area (Å²) >= 11 is 0. The third kappa shape index (κ3) is 3.20. The summed E-state index contributed by atoms with van der Waals surface area (Å²) in [4.78, 5) is 12.0. The molecule has 0 spiro atoms. The molecular formula is C18H15NO2. The van der Waals surface area contributed by atoms with E-state index in [1.54, 1.807) is 18.2 Å². The molecule has 0 aliphatic rings. The van der Waals surface area contributed by atoms with Crippen LogP contribution in [-0.4, -0.2) is 11.0 Å². The predicted molar refractivity (Wildman–Crippen MR) is 84.4 cm³/mol. The zero-order chi connectivity index (χ0) is 14.7. The number of nitrogens with one attached hydrogen (secondary N) is 1. The number of phenols is 1. The van der Waals surface area contributed by atoms with Gasteiger partial charge in [-0.15, -0.1) is 0 Å². The van der Waals surface area contributed by atoms with Gasteiger partial charge in [-0.25, -0.2) is 0 Å². The molecule has 0 heterocycles. The Morgan fingerprint density at radius 3 is 2.52 bits per heavy atom. The van der Waals surface area contributed by atoms with Gasteiger partial charge in [0.15, 0.2) is 0 Å². The Balaban J connectivity index is 1.74. The van der Waals surface area contributed by atoms with Gasteiger partial charge >= 0.3 is 0 Å². The molecule has 3 aromatic rings. The van der Waals surface area contributed by atoms with Gasteiger partial charge in [-0.2, -0.15) is 0 Å². The molecule has 104 valence electrons. The van der Waals surface area contributed by atoms with Crippen molar-refractivity contribution in [2.75, 3.05) is 5.32 Å². The van der Waals surface area contributed by atoms with Crippen LogP contribution in [0.25, 0.3) is 10.8 Å². The monoisotopic (exact) mass is 277 g/mol. The van der Waals surface area contributed by atoms with Crippen molar-refractivity contribution in [3.05, 3.63) is 72.3 Å². The Bertz CT molecular complexity index is 796. The van der Waals surface area contributed by atoms with E-state index in [9.17, 15) is 9.90 Å². The number of anilines is 1. The molecule has 0 fully saturated rings. The van der Waals surface area contributed by atoms with Gasteiger partial charge in [0.1, 0.15) is 5.75 Å². The summed E-state index contributed by atoms with van der Waals surface area (Å²) in [6, 6.07) is 20.6. The first-order valence-electron chi connectivity index (χ1n) is 6.77. The fourth-order valence-corrected chi connectivity index (χ4v) is 2.32. The summed E-state index contributed by atoms with van der Waals surface area (Å²) in [5.74, 6) is 0.0712. The molecule has 21 heavy (non-hydrogen) atoms. The van der Waals surface area contributed by atoms with Crippen LogP contribution >= 0.6 is 0 Å². The first kappa shape index (κ1) is 13.2. The van der Waals surface area contributed by atoms with Crippen LogP contribution in [0, 0.1) is 0 Å². The Morgan fingerprint density at radius 1 is 0.905 bits per heavy atom. The average molecular weight is 277 g/mol. The number of carbonyl (C=O) groups excluding carboxylic acids is 1. The van der Waals surface area contributed by atoms with E-state index in [0.29, 0.717) is 0 Å². The van der Waals surface area contributed by atoms with E-state index in [0.717, 1.165) is 22.0 Å². The first-order chi connectivity index (χ1) is 10.2. The standard InChI is InChI=1S/C18H15NO2/c20-17-7-3-4-13(10-17)11-18(21)19-16-9-8-14-5-1-2-6-15(14)12-16/h1-10,12,20H,11H2,(H,19,21). The van der Waals surface area contributed by atoms with E-state index in [1.165, 1.54) is 0 Å². The van der Waals surface area contributed by atoms with Crippen LogP contribution in [0.2, 0.25) is 0 Å². The van der Waals surface area contributed by atoms with Crippen LogP contribution in [0.4, 0.5) is 5.69 Å². The summed E-state index contributed by atoms with van der Waals surface area (Å²) in [5.41, 5.74) is 1.56. The van der Waals surface area contributed by atoms with Crippen LogP contribution in [0.5, 0.6) is 5.75 Å². The number of phenolic OH excluding ortho intramolecular Hbond substituents is 1. The molecule has 3 aromatic carbocycles. The minimum atomic E-state index is -0.101. The summed E-state index contributed by atoms with van der Waals surface area (Å²) in [7, 11) is 0. The molecule has 0 aliphatic heterocycles. The number of carbonyl (C=O) groups is 1. The third-order valence-corrected chi connectivity index (χ3v) is 3.31. The smallest absolute Gasteiger partial charge is 0.228 e. The van der Waals surface area contributed by atoms with Crippen LogP contribution < -0.4 is 5.32 Å². The lowest BCUT2D eigenvalue weighted by Gasteiger charge is -2.07. The SMILES string of the molecule is O=C(Cc1cccc(O)c1)Nc1ccc2ccccc2c1. The molecule has 3 rings (SSSR count). The fraction of sp³-hybridized carbons (Fsp3) is 0.0556. The van der Waals surface area contributed by atoms with Gasteiger partial charge in [0.05, 0.1) is 6.42 Å².